The zero-order valence-corrected chi connectivity index (χ0v) is 16.1. The topological polar surface area (TPSA) is 56.6 Å². The number of methoxy groups -OCH3 is 1. The minimum atomic E-state index is -4.65. The summed E-state index contributed by atoms with van der Waals surface area (Å²) in [6, 6.07) is 9.92. The molecule has 2 aromatic carbocycles. The number of carbonyl (C=O) groups is 1. The minimum absolute atomic E-state index is 0.186. The van der Waals surface area contributed by atoms with Crippen LogP contribution in [0.3, 0.4) is 0 Å². The summed E-state index contributed by atoms with van der Waals surface area (Å²) < 4.78 is 58.2. The van der Waals surface area contributed by atoms with Crippen molar-refractivity contribution < 1.29 is 27.1 Å². The summed E-state index contributed by atoms with van der Waals surface area (Å²) in [5, 5.41) is 8.97. The van der Waals surface area contributed by atoms with E-state index in [0.29, 0.717) is 17.8 Å². The van der Waals surface area contributed by atoms with Gasteiger partial charge < -0.3 is 14.5 Å². The van der Waals surface area contributed by atoms with Crippen molar-refractivity contribution in [1.29, 1.82) is 5.26 Å². The lowest BCUT2D eigenvalue weighted by molar-refractivity contribution is -0.137. The summed E-state index contributed by atoms with van der Waals surface area (Å²) in [6.07, 6.45) is -4.65. The van der Waals surface area contributed by atoms with Gasteiger partial charge in [-0.1, -0.05) is 0 Å². The molecule has 0 N–H and O–H groups in total. The predicted molar refractivity (Wildman–Crippen MR) is 101 cm³/mol. The number of amides is 1. The van der Waals surface area contributed by atoms with Gasteiger partial charge in [-0.15, -0.1) is 0 Å². The zero-order chi connectivity index (χ0) is 21.9. The summed E-state index contributed by atoms with van der Waals surface area (Å²) in [4.78, 5) is 16.2. The number of piperazine rings is 1. The van der Waals surface area contributed by atoms with Gasteiger partial charge in [-0.25, -0.2) is 4.39 Å². The van der Waals surface area contributed by atoms with E-state index in [2.05, 4.69) is 0 Å². The number of rotatable bonds is 4. The summed E-state index contributed by atoms with van der Waals surface area (Å²) in [6.45, 7) is 0.998. The first-order chi connectivity index (χ1) is 14.2. The number of hydrogen-bond donors (Lipinski definition) is 0. The minimum Gasteiger partial charge on any atom is -0.382 e. The highest BCUT2D eigenvalue weighted by Gasteiger charge is 2.36. The number of halogens is 4. The number of benzene rings is 2. The van der Waals surface area contributed by atoms with E-state index in [0.717, 1.165) is 12.1 Å². The van der Waals surface area contributed by atoms with Crippen LogP contribution < -0.4 is 4.90 Å². The quantitative estimate of drug-likeness (QED) is 0.707. The first-order valence-electron chi connectivity index (χ1n) is 9.16. The number of carbonyl (C=O) groups excluding carboxylic acids is 1. The Balaban J connectivity index is 1.84. The number of alkyl halides is 3. The van der Waals surface area contributed by atoms with Crippen LogP contribution in [0.4, 0.5) is 23.2 Å². The van der Waals surface area contributed by atoms with Crippen molar-refractivity contribution in [3.05, 3.63) is 65.0 Å². The number of nitrogens with zero attached hydrogens (tertiary/aromatic N) is 3. The van der Waals surface area contributed by atoms with Crippen molar-refractivity contribution in [2.45, 2.75) is 12.2 Å². The summed E-state index contributed by atoms with van der Waals surface area (Å²) in [5.41, 5.74) is -0.791. The SMILES string of the molecule is COCC1CN(c2ccc(C#N)c(C(F)(F)F)c2)CCN1C(=O)c1ccc(F)cc1. The number of anilines is 1. The molecular weight excluding hydrogens is 402 g/mol. The highest BCUT2D eigenvalue weighted by atomic mass is 19.4. The fourth-order valence-corrected chi connectivity index (χ4v) is 3.51. The molecule has 0 saturated carbocycles. The third-order valence-corrected chi connectivity index (χ3v) is 4.99. The van der Waals surface area contributed by atoms with Crippen LogP contribution in [0.1, 0.15) is 21.5 Å². The van der Waals surface area contributed by atoms with Gasteiger partial charge in [0, 0.05) is 38.0 Å². The molecule has 2 aromatic rings. The fraction of sp³-hybridized carbons (Fsp3) is 0.333. The first-order valence-corrected chi connectivity index (χ1v) is 9.16. The van der Waals surface area contributed by atoms with Crippen LogP contribution in [0, 0.1) is 17.1 Å². The number of hydrogen-bond acceptors (Lipinski definition) is 4. The molecule has 5 nitrogen and oxygen atoms in total. The molecule has 9 heteroatoms. The van der Waals surface area contributed by atoms with Gasteiger partial charge in [0.05, 0.1) is 29.8 Å². The Hall–Kier alpha value is -3.12. The van der Waals surface area contributed by atoms with Crippen molar-refractivity contribution in [2.75, 3.05) is 38.3 Å². The lowest BCUT2D eigenvalue weighted by atomic mass is 10.0. The third-order valence-electron chi connectivity index (χ3n) is 4.99. The van der Waals surface area contributed by atoms with Crippen molar-refractivity contribution in [3.8, 4) is 6.07 Å². The maximum Gasteiger partial charge on any atom is 0.417 e. The molecule has 30 heavy (non-hydrogen) atoms. The van der Waals surface area contributed by atoms with E-state index in [1.54, 1.807) is 15.9 Å². The zero-order valence-electron chi connectivity index (χ0n) is 16.1. The standard InChI is InChI=1S/C21H19F4N3O2/c1-30-13-18-12-27(17-7-4-15(11-26)19(10-17)21(23,24)25)8-9-28(18)20(29)14-2-5-16(22)6-3-14/h2-7,10,18H,8-9,12-13H2,1H3. The molecule has 0 bridgehead atoms. The molecule has 0 radical (unpaired) electrons. The Morgan fingerprint density at radius 1 is 1.20 bits per heavy atom. The summed E-state index contributed by atoms with van der Waals surface area (Å²) >= 11 is 0. The van der Waals surface area contributed by atoms with Crippen LogP contribution in [0.5, 0.6) is 0 Å². The van der Waals surface area contributed by atoms with E-state index in [1.807, 2.05) is 0 Å². The predicted octanol–water partition coefficient (Wildman–Crippen LogP) is 3.69. The Morgan fingerprint density at radius 2 is 1.90 bits per heavy atom. The van der Waals surface area contributed by atoms with Gasteiger partial charge in [-0.2, -0.15) is 18.4 Å². The third kappa shape index (κ3) is 4.54. The lowest BCUT2D eigenvalue weighted by Crippen LogP contribution is -2.57. The molecule has 0 spiro atoms. The molecule has 1 unspecified atom stereocenters. The lowest BCUT2D eigenvalue weighted by Gasteiger charge is -2.42. The summed E-state index contributed by atoms with van der Waals surface area (Å²) in [5.74, 6) is -0.751. The highest BCUT2D eigenvalue weighted by molar-refractivity contribution is 5.94. The maximum absolute atomic E-state index is 13.3. The largest absolute Gasteiger partial charge is 0.417 e. The molecule has 1 heterocycles. The normalized spacial score (nSPS) is 17.0. The average molecular weight is 421 g/mol. The molecule has 1 atom stereocenters. The summed E-state index contributed by atoms with van der Waals surface area (Å²) in [7, 11) is 1.48. The molecule has 158 valence electrons. The Bertz CT molecular complexity index is 954. The van der Waals surface area contributed by atoms with Crippen LogP contribution in [0.15, 0.2) is 42.5 Å². The number of nitriles is 1. The van der Waals surface area contributed by atoms with Gasteiger partial charge >= 0.3 is 6.18 Å². The van der Waals surface area contributed by atoms with Gasteiger partial charge in [0.2, 0.25) is 0 Å². The molecule has 1 amide bonds. The van der Waals surface area contributed by atoms with E-state index >= 15 is 0 Å². The Labute approximate surface area is 171 Å². The monoisotopic (exact) mass is 421 g/mol. The van der Waals surface area contributed by atoms with Crippen molar-refractivity contribution in [3.63, 3.8) is 0 Å². The smallest absolute Gasteiger partial charge is 0.382 e. The highest BCUT2D eigenvalue weighted by Crippen LogP contribution is 2.35. The van der Waals surface area contributed by atoms with Gasteiger partial charge in [0.25, 0.3) is 5.91 Å². The number of ether oxygens (including phenoxy) is 1. The van der Waals surface area contributed by atoms with E-state index in [9.17, 15) is 22.4 Å². The molecule has 0 aliphatic carbocycles. The molecule has 1 aliphatic heterocycles. The molecule has 3 rings (SSSR count). The van der Waals surface area contributed by atoms with E-state index in [1.165, 1.54) is 37.4 Å². The van der Waals surface area contributed by atoms with Crippen LogP contribution in [0.25, 0.3) is 0 Å². The van der Waals surface area contributed by atoms with Crippen LogP contribution in [-0.2, 0) is 10.9 Å². The Kier molecular flexibility index (Phi) is 6.27. The molecule has 1 saturated heterocycles. The molecule has 1 aliphatic rings. The van der Waals surface area contributed by atoms with Crippen molar-refractivity contribution in [1.82, 2.24) is 4.90 Å². The second kappa shape index (κ2) is 8.71. The van der Waals surface area contributed by atoms with Gasteiger partial charge in [-0.3, -0.25) is 4.79 Å². The van der Waals surface area contributed by atoms with E-state index in [4.69, 9.17) is 10.00 Å². The van der Waals surface area contributed by atoms with Gasteiger partial charge in [0.1, 0.15) is 5.82 Å². The Morgan fingerprint density at radius 3 is 2.50 bits per heavy atom. The van der Waals surface area contributed by atoms with Crippen molar-refractivity contribution >= 4 is 11.6 Å². The van der Waals surface area contributed by atoms with Gasteiger partial charge in [0.15, 0.2) is 0 Å². The van der Waals surface area contributed by atoms with E-state index in [-0.39, 0.29) is 25.6 Å². The molecule has 0 aromatic heterocycles. The van der Waals surface area contributed by atoms with Crippen LogP contribution >= 0.6 is 0 Å². The van der Waals surface area contributed by atoms with Crippen molar-refractivity contribution in [2.24, 2.45) is 0 Å². The second-order valence-corrected chi connectivity index (χ2v) is 6.90. The first kappa shape index (κ1) is 21.6. The molecular formula is C21H19F4N3O2. The average Bonchev–Trinajstić information content (AvgIpc) is 2.73. The van der Waals surface area contributed by atoms with E-state index < -0.39 is 29.2 Å². The maximum atomic E-state index is 13.3. The molecule has 1 fully saturated rings. The second-order valence-electron chi connectivity index (χ2n) is 6.90. The van der Waals surface area contributed by atoms with Crippen LogP contribution in [-0.4, -0.2) is 50.2 Å². The van der Waals surface area contributed by atoms with Crippen LogP contribution in [0.2, 0.25) is 0 Å². The fourth-order valence-electron chi connectivity index (χ4n) is 3.51. The van der Waals surface area contributed by atoms with Gasteiger partial charge in [-0.05, 0) is 42.5 Å².